The standard InChI is InChI=1S/C27H40N4O7/c1-17(2)14-22-21(26(35)30-37)4-3-13-38-20-7-5-18(6-8-20)15-23(29-25(22)34)27(36)28-16-24(33)31-11-9-19(32)10-12-31/h5-8,17,19,21-23,32,37H,3-4,9-16H2,1-2H3,(H,28,36)(H,29,34)(H,30,35)/t21-,22+,23-/m0/s1. The predicted octanol–water partition coefficient (Wildman–Crippen LogP) is 0.770. The van der Waals surface area contributed by atoms with Gasteiger partial charge in [0, 0.05) is 25.4 Å². The van der Waals surface area contributed by atoms with Crippen molar-refractivity contribution in [3.8, 4) is 5.75 Å². The molecule has 0 saturated carbocycles. The van der Waals surface area contributed by atoms with Gasteiger partial charge in [0.15, 0.2) is 0 Å². The van der Waals surface area contributed by atoms with Gasteiger partial charge in [0.25, 0.3) is 0 Å². The van der Waals surface area contributed by atoms with E-state index in [0.29, 0.717) is 57.6 Å². The summed E-state index contributed by atoms with van der Waals surface area (Å²) in [5.41, 5.74) is 2.48. The first-order chi connectivity index (χ1) is 18.2. The summed E-state index contributed by atoms with van der Waals surface area (Å²) in [6, 6.07) is 6.23. The second-order valence-electron chi connectivity index (χ2n) is 10.5. The highest BCUT2D eigenvalue weighted by atomic mass is 16.5. The van der Waals surface area contributed by atoms with Crippen LogP contribution in [0.25, 0.3) is 0 Å². The zero-order chi connectivity index (χ0) is 27.7. The molecule has 3 atom stereocenters. The third kappa shape index (κ3) is 8.42. The summed E-state index contributed by atoms with van der Waals surface area (Å²) < 4.78 is 5.78. The molecule has 38 heavy (non-hydrogen) atoms. The fraction of sp³-hybridized carbons (Fsp3) is 0.630. The number of nitrogens with one attached hydrogen (secondary N) is 3. The zero-order valence-corrected chi connectivity index (χ0v) is 22.2. The summed E-state index contributed by atoms with van der Waals surface area (Å²) in [6.45, 7) is 4.85. The lowest BCUT2D eigenvalue weighted by atomic mass is 9.81. The molecular formula is C27H40N4O7. The lowest BCUT2D eigenvalue weighted by molar-refractivity contribution is -0.142. The number of hydrogen-bond acceptors (Lipinski definition) is 7. The van der Waals surface area contributed by atoms with Gasteiger partial charge in [-0.1, -0.05) is 26.0 Å². The molecule has 0 unspecified atom stereocenters. The van der Waals surface area contributed by atoms with Gasteiger partial charge in [-0.3, -0.25) is 24.4 Å². The zero-order valence-electron chi connectivity index (χ0n) is 22.2. The van der Waals surface area contributed by atoms with Crippen LogP contribution in [0.2, 0.25) is 0 Å². The molecule has 11 nitrogen and oxygen atoms in total. The number of amides is 4. The quantitative estimate of drug-likeness (QED) is 0.267. The fourth-order valence-corrected chi connectivity index (χ4v) is 5.01. The highest BCUT2D eigenvalue weighted by Gasteiger charge is 2.36. The molecule has 3 heterocycles. The average Bonchev–Trinajstić information content (AvgIpc) is 2.90. The third-order valence-electron chi connectivity index (χ3n) is 7.15. The lowest BCUT2D eigenvalue weighted by Crippen LogP contribution is -2.53. The molecule has 1 fully saturated rings. The van der Waals surface area contributed by atoms with Crippen molar-refractivity contribution in [1.82, 2.24) is 21.0 Å². The second-order valence-corrected chi connectivity index (χ2v) is 10.5. The molecule has 1 aromatic carbocycles. The molecule has 0 radical (unpaired) electrons. The Balaban J connectivity index is 1.80. The molecule has 4 amide bonds. The van der Waals surface area contributed by atoms with Gasteiger partial charge in [-0.05, 0) is 55.7 Å². The molecule has 11 heteroatoms. The molecule has 0 spiro atoms. The van der Waals surface area contributed by atoms with Crippen molar-refractivity contribution in [3.63, 3.8) is 0 Å². The Morgan fingerprint density at radius 1 is 1.11 bits per heavy atom. The molecule has 2 bridgehead atoms. The Morgan fingerprint density at radius 2 is 1.79 bits per heavy atom. The minimum Gasteiger partial charge on any atom is -0.494 e. The number of hydrogen-bond donors (Lipinski definition) is 5. The van der Waals surface area contributed by atoms with E-state index in [1.54, 1.807) is 22.5 Å². The Morgan fingerprint density at radius 3 is 2.42 bits per heavy atom. The number of aliphatic hydroxyl groups excluding tert-OH is 1. The summed E-state index contributed by atoms with van der Waals surface area (Å²) in [7, 11) is 0. The van der Waals surface area contributed by atoms with Crippen molar-refractivity contribution in [2.45, 2.75) is 64.5 Å². The van der Waals surface area contributed by atoms with E-state index in [1.165, 1.54) is 0 Å². The number of carbonyl (C=O) groups excluding carboxylic acids is 4. The number of nitrogens with zero attached hydrogens (tertiary/aromatic N) is 1. The van der Waals surface area contributed by atoms with Crippen LogP contribution in [0.4, 0.5) is 0 Å². The van der Waals surface area contributed by atoms with Crippen molar-refractivity contribution < 1.29 is 34.2 Å². The van der Waals surface area contributed by atoms with Gasteiger partial charge in [-0.15, -0.1) is 0 Å². The largest absolute Gasteiger partial charge is 0.494 e. The van der Waals surface area contributed by atoms with Crippen LogP contribution >= 0.6 is 0 Å². The van der Waals surface area contributed by atoms with E-state index in [9.17, 15) is 29.5 Å². The normalized spacial score (nSPS) is 23.2. The third-order valence-corrected chi connectivity index (χ3v) is 7.15. The van der Waals surface area contributed by atoms with Crippen molar-refractivity contribution >= 4 is 23.6 Å². The maximum absolute atomic E-state index is 13.6. The maximum atomic E-state index is 13.6. The molecule has 1 saturated heterocycles. The van der Waals surface area contributed by atoms with Gasteiger partial charge in [-0.25, -0.2) is 5.48 Å². The van der Waals surface area contributed by atoms with Gasteiger partial charge in [0.1, 0.15) is 11.8 Å². The van der Waals surface area contributed by atoms with E-state index in [1.807, 2.05) is 26.0 Å². The molecule has 210 valence electrons. The van der Waals surface area contributed by atoms with Gasteiger partial charge in [0.05, 0.1) is 25.2 Å². The van der Waals surface area contributed by atoms with Crippen LogP contribution in [0.15, 0.2) is 24.3 Å². The Labute approximate surface area is 223 Å². The van der Waals surface area contributed by atoms with E-state index < -0.39 is 41.7 Å². The van der Waals surface area contributed by atoms with Crippen molar-refractivity contribution in [3.05, 3.63) is 29.8 Å². The van der Waals surface area contributed by atoms with Crippen LogP contribution in [-0.4, -0.2) is 77.2 Å². The van der Waals surface area contributed by atoms with E-state index in [2.05, 4.69) is 10.6 Å². The number of piperidine rings is 1. The van der Waals surface area contributed by atoms with Crippen LogP contribution in [0.5, 0.6) is 5.75 Å². The monoisotopic (exact) mass is 532 g/mol. The van der Waals surface area contributed by atoms with E-state index in [4.69, 9.17) is 4.74 Å². The summed E-state index contributed by atoms with van der Waals surface area (Å²) in [4.78, 5) is 53.6. The number of ether oxygens (including phenoxy) is 1. The fourth-order valence-electron chi connectivity index (χ4n) is 5.01. The van der Waals surface area contributed by atoms with Gasteiger partial charge < -0.3 is 25.4 Å². The topological polar surface area (TPSA) is 157 Å². The Hall–Kier alpha value is -3.18. The van der Waals surface area contributed by atoms with Crippen molar-refractivity contribution in [2.24, 2.45) is 17.8 Å². The molecule has 0 aliphatic carbocycles. The SMILES string of the molecule is CC(C)C[C@H]1C(=O)N[C@H](C(=O)NCC(=O)N2CCC(O)CC2)Cc2ccc(cc2)OCCC[C@@H]1C(=O)NO. The first-order valence-electron chi connectivity index (χ1n) is 13.4. The molecule has 0 aromatic heterocycles. The smallest absolute Gasteiger partial charge is 0.247 e. The van der Waals surface area contributed by atoms with Crippen LogP contribution < -0.4 is 20.9 Å². The highest BCUT2D eigenvalue weighted by Crippen LogP contribution is 2.27. The minimum absolute atomic E-state index is 0.0784. The number of hydroxylamine groups is 1. The Kier molecular flexibility index (Phi) is 10.9. The van der Waals surface area contributed by atoms with E-state index >= 15 is 0 Å². The van der Waals surface area contributed by atoms with Gasteiger partial charge in [-0.2, -0.15) is 0 Å². The van der Waals surface area contributed by atoms with Crippen molar-refractivity contribution in [2.75, 3.05) is 26.2 Å². The van der Waals surface area contributed by atoms with Gasteiger partial charge >= 0.3 is 0 Å². The van der Waals surface area contributed by atoms with Crippen LogP contribution in [-0.2, 0) is 25.6 Å². The first kappa shape index (κ1) is 29.4. The van der Waals surface area contributed by atoms with Gasteiger partial charge in [0.2, 0.25) is 23.6 Å². The molecule has 1 aromatic rings. The summed E-state index contributed by atoms with van der Waals surface area (Å²) in [5, 5.41) is 24.5. The molecule has 4 rings (SSSR count). The number of benzene rings is 1. The van der Waals surface area contributed by atoms with Crippen LogP contribution in [0, 0.1) is 17.8 Å². The number of likely N-dealkylation sites (tertiary alicyclic amines) is 1. The van der Waals surface area contributed by atoms with Crippen molar-refractivity contribution in [1.29, 1.82) is 0 Å². The van der Waals surface area contributed by atoms with Crippen LogP contribution in [0.1, 0.15) is 51.5 Å². The second kappa shape index (κ2) is 14.1. The van der Waals surface area contributed by atoms with E-state index in [-0.39, 0.29) is 24.8 Å². The van der Waals surface area contributed by atoms with E-state index in [0.717, 1.165) is 5.56 Å². The first-order valence-corrected chi connectivity index (χ1v) is 13.4. The summed E-state index contributed by atoms with van der Waals surface area (Å²) >= 11 is 0. The predicted molar refractivity (Wildman–Crippen MR) is 138 cm³/mol. The summed E-state index contributed by atoms with van der Waals surface area (Å²) in [5.74, 6) is -2.74. The molecule has 3 aliphatic rings. The minimum atomic E-state index is -0.985. The number of rotatable bonds is 6. The average molecular weight is 533 g/mol. The number of carbonyl (C=O) groups is 4. The number of aliphatic hydroxyl groups is 1. The molecular weight excluding hydrogens is 492 g/mol. The maximum Gasteiger partial charge on any atom is 0.247 e. The Bertz CT molecular complexity index is 961. The van der Waals surface area contributed by atoms with Crippen LogP contribution in [0.3, 0.4) is 0 Å². The molecule has 5 N–H and O–H groups in total. The highest BCUT2D eigenvalue weighted by molar-refractivity contribution is 5.93. The molecule has 3 aliphatic heterocycles. The lowest BCUT2D eigenvalue weighted by Gasteiger charge is -2.30. The summed E-state index contributed by atoms with van der Waals surface area (Å²) in [6.07, 6.45) is 1.93. The number of fused-ring (bicyclic) bond motifs is 11.